The molecule has 92 valence electrons. The van der Waals surface area contributed by atoms with Crippen LogP contribution in [0, 0.1) is 5.82 Å². The van der Waals surface area contributed by atoms with E-state index in [1.165, 1.54) is 23.5 Å². The zero-order valence-electron chi connectivity index (χ0n) is 10.0. The highest BCUT2D eigenvalue weighted by Gasteiger charge is 2.04. The lowest BCUT2D eigenvalue weighted by atomic mass is 10.3. The van der Waals surface area contributed by atoms with Crippen LogP contribution in [0.2, 0.25) is 0 Å². The number of thiazole rings is 1. The van der Waals surface area contributed by atoms with Gasteiger partial charge in [0.1, 0.15) is 5.82 Å². The van der Waals surface area contributed by atoms with Crippen molar-refractivity contribution in [1.82, 2.24) is 9.88 Å². The average Bonchev–Trinajstić information content (AvgIpc) is 2.70. The molecule has 3 nitrogen and oxygen atoms in total. The molecule has 0 atom stereocenters. The van der Waals surface area contributed by atoms with Crippen LogP contribution in [0.3, 0.4) is 0 Å². The van der Waals surface area contributed by atoms with E-state index in [4.69, 9.17) is 0 Å². The van der Waals surface area contributed by atoms with Crippen LogP contribution in [0.5, 0.6) is 0 Å². The van der Waals surface area contributed by atoms with Crippen molar-refractivity contribution in [2.45, 2.75) is 6.92 Å². The third-order valence-corrected chi connectivity index (χ3v) is 3.64. The number of aromatic nitrogens is 1. The maximum Gasteiger partial charge on any atom is 0.183 e. The lowest BCUT2D eigenvalue weighted by Gasteiger charge is -2.13. The molecule has 5 heteroatoms. The average molecular weight is 253 g/mol. The number of likely N-dealkylation sites (N-methyl/N-ethyl adjacent to an activating group) is 1. The van der Waals surface area contributed by atoms with E-state index in [0.717, 1.165) is 35.0 Å². The molecule has 2 aromatic rings. The van der Waals surface area contributed by atoms with Crippen molar-refractivity contribution in [2.24, 2.45) is 0 Å². The van der Waals surface area contributed by atoms with E-state index >= 15 is 0 Å². The second-order valence-electron chi connectivity index (χ2n) is 3.95. The Kier molecular flexibility index (Phi) is 3.91. The topological polar surface area (TPSA) is 28.2 Å². The summed E-state index contributed by atoms with van der Waals surface area (Å²) in [6, 6.07) is 4.68. The molecule has 0 fully saturated rings. The van der Waals surface area contributed by atoms with Crippen LogP contribution in [0.4, 0.5) is 9.52 Å². The number of hydrogen-bond acceptors (Lipinski definition) is 4. The van der Waals surface area contributed by atoms with Gasteiger partial charge < -0.3 is 10.2 Å². The molecule has 0 radical (unpaired) electrons. The van der Waals surface area contributed by atoms with Gasteiger partial charge in [0.15, 0.2) is 5.13 Å². The molecule has 0 aliphatic rings. The Morgan fingerprint density at radius 2 is 2.29 bits per heavy atom. The molecule has 1 N–H and O–H groups in total. The van der Waals surface area contributed by atoms with Gasteiger partial charge in [0.25, 0.3) is 0 Å². The van der Waals surface area contributed by atoms with Gasteiger partial charge in [0.2, 0.25) is 0 Å². The summed E-state index contributed by atoms with van der Waals surface area (Å²) in [5.41, 5.74) is 0.850. The quantitative estimate of drug-likeness (QED) is 0.888. The molecule has 2 rings (SSSR count). The van der Waals surface area contributed by atoms with E-state index in [1.807, 2.05) is 0 Å². The van der Waals surface area contributed by atoms with Crippen molar-refractivity contribution >= 4 is 26.7 Å². The first-order valence-electron chi connectivity index (χ1n) is 5.67. The fraction of sp³-hybridized carbons (Fsp3) is 0.417. The number of halogens is 1. The summed E-state index contributed by atoms with van der Waals surface area (Å²) in [6.07, 6.45) is 0. The maximum atomic E-state index is 13.0. The van der Waals surface area contributed by atoms with Gasteiger partial charge in [-0.15, -0.1) is 0 Å². The number of nitrogens with one attached hydrogen (secondary N) is 1. The molecule has 1 heterocycles. The van der Waals surface area contributed by atoms with Gasteiger partial charge in [-0.05, 0) is 31.8 Å². The molecule has 0 aliphatic carbocycles. The van der Waals surface area contributed by atoms with E-state index < -0.39 is 0 Å². The number of nitrogens with zero attached hydrogens (tertiary/aromatic N) is 2. The van der Waals surface area contributed by atoms with Crippen molar-refractivity contribution in [1.29, 1.82) is 0 Å². The van der Waals surface area contributed by atoms with Crippen molar-refractivity contribution < 1.29 is 4.39 Å². The number of anilines is 1. The normalized spacial score (nSPS) is 11.3. The molecule has 0 saturated carbocycles. The number of fused-ring (bicyclic) bond motifs is 1. The Bertz CT molecular complexity index is 497. The highest BCUT2D eigenvalue weighted by atomic mass is 32.1. The highest BCUT2D eigenvalue weighted by molar-refractivity contribution is 7.22. The summed E-state index contributed by atoms with van der Waals surface area (Å²) in [5, 5.41) is 4.12. The summed E-state index contributed by atoms with van der Waals surface area (Å²) >= 11 is 1.49. The molecule has 1 aromatic heterocycles. The molecule has 0 unspecified atom stereocenters. The Labute approximate surface area is 104 Å². The van der Waals surface area contributed by atoms with Crippen LogP contribution >= 0.6 is 11.3 Å². The number of hydrogen-bond donors (Lipinski definition) is 1. The van der Waals surface area contributed by atoms with E-state index in [9.17, 15) is 4.39 Å². The van der Waals surface area contributed by atoms with Crippen molar-refractivity contribution in [2.75, 3.05) is 32.0 Å². The second-order valence-corrected chi connectivity index (χ2v) is 4.98. The zero-order valence-corrected chi connectivity index (χ0v) is 10.9. The lowest BCUT2D eigenvalue weighted by molar-refractivity contribution is 0.367. The Hall–Kier alpha value is -1.20. The second kappa shape index (κ2) is 5.42. The fourth-order valence-corrected chi connectivity index (χ4v) is 2.40. The molecule has 1 aromatic carbocycles. The maximum absolute atomic E-state index is 13.0. The van der Waals surface area contributed by atoms with Gasteiger partial charge in [-0.25, -0.2) is 9.37 Å². The minimum absolute atomic E-state index is 0.210. The van der Waals surface area contributed by atoms with Crippen LogP contribution < -0.4 is 5.32 Å². The van der Waals surface area contributed by atoms with Gasteiger partial charge in [-0.2, -0.15) is 0 Å². The minimum Gasteiger partial charge on any atom is -0.360 e. The standard InChI is InChI=1S/C12H16FN3S/c1-3-16(2)7-6-14-12-15-10-5-4-9(13)8-11(10)17-12/h4-5,8H,3,6-7H2,1-2H3,(H,14,15). The SMILES string of the molecule is CCN(C)CCNc1nc2ccc(F)cc2s1. The van der Waals surface area contributed by atoms with E-state index in [1.54, 1.807) is 6.07 Å². The predicted octanol–water partition coefficient (Wildman–Crippen LogP) is 2.80. The molecular formula is C12H16FN3S. The van der Waals surface area contributed by atoms with Crippen LogP contribution in [-0.4, -0.2) is 36.6 Å². The summed E-state index contributed by atoms with van der Waals surface area (Å²) in [4.78, 5) is 6.62. The van der Waals surface area contributed by atoms with Gasteiger partial charge in [-0.3, -0.25) is 0 Å². The van der Waals surface area contributed by atoms with Gasteiger partial charge >= 0.3 is 0 Å². The zero-order chi connectivity index (χ0) is 12.3. The van der Waals surface area contributed by atoms with Gasteiger partial charge in [0, 0.05) is 13.1 Å². The molecule has 0 bridgehead atoms. The van der Waals surface area contributed by atoms with Crippen molar-refractivity contribution in [3.8, 4) is 0 Å². The lowest BCUT2D eigenvalue weighted by Crippen LogP contribution is -2.24. The fourth-order valence-electron chi connectivity index (χ4n) is 1.49. The Balaban J connectivity index is 1.99. The first kappa shape index (κ1) is 12.3. The van der Waals surface area contributed by atoms with Gasteiger partial charge in [-0.1, -0.05) is 18.3 Å². The van der Waals surface area contributed by atoms with Crippen molar-refractivity contribution in [3.05, 3.63) is 24.0 Å². The Morgan fingerprint density at radius 3 is 3.06 bits per heavy atom. The van der Waals surface area contributed by atoms with Crippen LogP contribution in [0.25, 0.3) is 10.2 Å². The monoisotopic (exact) mass is 253 g/mol. The predicted molar refractivity (Wildman–Crippen MR) is 71.2 cm³/mol. The molecule has 0 amide bonds. The van der Waals surface area contributed by atoms with E-state index in [-0.39, 0.29) is 5.82 Å². The summed E-state index contributed by atoms with van der Waals surface area (Å²) < 4.78 is 13.9. The first-order chi connectivity index (χ1) is 8.19. The highest BCUT2D eigenvalue weighted by Crippen LogP contribution is 2.26. The summed E-state index contributed by atoms with van der Waals surface area (Å²) in [5.74, 6) is -0.210. The first-order valence-corrected chi connectivity index (χ1v) is 6.49. The molecule has 0 aliphatic heterocycles. The van der Waals surface area contributed by atoms with Crippen molar-refractivity contribution in [3.63, 3.8) is 0 Å². The third-order valence-electron chi connectivity index (χ3n) is 2.66. The van der Waals surface area contributed by atoms with E-state index in [0.29, 0.717) is 0 Å². The molecule has 0 spiro atoms. The molecular weight excluding hydrogens is 237 g/mol. The Morgan fingerprint density at radius 1 is 1.47 bits per heavy atom. The van der Waals surface area contributed by atoms with Gasteiger partial charge in [0.05, 0.1) is 10.2 Å². The minimum atomic E-state index is -0.210. The smallest absolute Gasteiger partial charge is 0.183 e. The number of rotatable bonds is 5. The summed E-state index contributed by atoms with van der Waals surface area (Å²) in [7, 11) is 2.08. The van der Waals surface area contributed by atoms with Crippen LogP contribution in [0.1, 0.15) is 6.92 Å². The van der Waals surface area contributed by atoms with Crippen LogP contribution in [-0.2, 0) is 0 Å². The number of benzene rings is 1. The molecule has 0 saturated heterocycles. The van der Waals surface area contributed by atoms with Crippen LogP contribution in [0.15, 0.2) is 18.2 Å². The van der Waals surface area contributed by atoms with E-state index in [2.05, 4.69) is 29.2 Å². The molecule has 17 heavy (non-hydrogen) atoms. The largest absolute Gasteiger partial charge is 0.360 e. The third kappa shape index (κ3) is 3.14. The summed E-state index contributed by atoms with van der Waals surface area (Å²) in [6.45, 7) is 4.99.